The van der Waals surface area contributed by atoms with Gasteiger partial charge < -0.3 is 24.8 Å². The van der Waals surface area contributed by atoms with Crippen molar-refractivity contribution in [3.05, 3.63) is 47.3 Å². The Morgan fingerprint density at radius 2 is 2.15 bits per heavy atom. The van der Waals surface area contributed by atoms with Crippen molar-refractivity contribution in [2.75, 3.05) is 45.4 Å². The number of ether oxygens (including phenoxy) is 2. The fourth-order valence-electron chi connectivity index (χ4n) is 4.20. The minimum atomic E-state index is -0.596. The van der Waals surface area contributed by atoms with Crippen molar-refractivity contribution in [2.24, 2.45) is 0 Å². The SMILES string of the molecule is CNCC(O)COC1=C=C=CC(c2cc(N(C)C3CCOCC3)c3cnn(C(C)C)c3n2)=C1. The molecule has 3 heterocycles. The van der Waals surface area contributed by atoms with Crippen molar-refractivity contribution in [1.29, 1.82) is 0 Å². The van der Waals surface area contributed by atoms with Crippen LogP contribution in [0.3, 0.4) is 0 Å². The Morgan fingerprint density at radius 1 is 1.36 bits per heavy atom. The first-order valence-corrected chi connectivity index (χ1v) is 11.6. The number of likely N-dealkylation sites (N-methyl/N-ethyl adjacent to an activating group) is 1. The third kappa shape index (κ3) is 5.22. The summed E-state index contributed by atoms with van der Waals surface area (Å²) in [7, 11) is 3.94. The van der Waals surface area contributed by atoms with Gasteiger partial charge in [0.2, 0.25) is 0 Å². The number of pyridine rings is 1. The molecule has 0 bridgehead atoms. The van der Waals surface area contributed by atoms with Gasteiger partial charge in [0, 0.05) is 44.5 Å². The lowest BCUT2D eigenvalue weighted by atomic mass is 10.0. The first-order chi connectivity index (χ1) is 16.0. The molecule has 4 rings (SSSR count). The number of rotatable bonds is 9. The quantitative estimate of drug-likeness (QED) is 0.567. The normalized spacial score (nSPS) is 17.4. The number of aromatic nitrogens is 3. The Morgan fingerprint density at radius 3 is 2.88 bits per heavy atom. The summed E-state index contributed by atoms with van der Waals surface area (Å²) in [6.07, 6.45) is 7.07. The van der Waals surface area contributed by atoms with Crippen LogP contribution in [-0.2, 0) is 9.47 Å². The van der Waals surface area contributed by atoms with Crippen molar-refractivity contribution >= 4 is 22.3 Å². The molecule has 0 amide bonds. The number of hydrogen-bond acceptors (Lipinski definition) is 7. The minimum absolute atomic E-state index is 0.180. The summed E-state index contributed by atoms with van der Waals surface area (Å²) in [6.45, 7) is 6.42. The number of fused-ring (bicyclic) bond motifs is 1. The van der Waals surface area contributed by atoms with Gasteiger partial charge in [-0.25, -0.2) is 9.67 Å². The van der Waals surface area contributed by atoms with E-state index in [1.54, 1.807) is 7.05 Å². The molecule has 2 aromatic rings. The predicted octanol–water partition coefficient (Wildman–Crippen LogP) is 2.82. The molecule has 2 aliphatic rings. The van der Waals surface area contributed by atoms with E-state index in [2.05, 4.69) is 53.7 Å². The van der Waals surface area contributed by atoms with E-state index in [9.17, 15) is 5.11 Å². The molecule has 1 saturated heterocycles. The molecule has 2 N–H and O–H groups in total. The second kappa shape index (κ2) is 10.4. The maximum Gasteiger partial charge on any atom is 0.171 e. The number of nitrogens with zero attached hydrogens (tertiary/aromatic N) is 4. The first kappa shape index (κ1) is 23.3. The highest BCUT2D eigenvalue weighted by atomic mass is 16.5. The Hall–Kier alpha value is -2.86. The minimum Gasteiger partial charge on any atom is -0.483 e. The molecule has 0 saturated carbocycles. The lowest BCUT2D eigenvalue weighted by Crippen LogP contribution is -2.36. The van der Waals surface area contributed by atoms with Crippen LogP contribution in [0.4, 0.5) is 5.69 Å². The fraction of sp³-hybridized carbons (Fsp3) is 0.520. The maximum absolute atomic E-state index is 9.95. The van der Waals surface area contributed by atoms with E-state index in [1.807, 2.05) is 23.0 Å². The molecule has 8 heteroatoms. The molecular formula is C25H33N5O3. The monoisotopic (exact) mass is 451 g/mol. The van der Waals surface area contributed by atoms with Crippen LogP contribution in [0.5, 0.6) is 0 Å². The van der Waals surface area contributed by atoms with E-state index in [4.69, 9.17) is 14.5 Å². The van der Waals surface area contributed by atoms with Crippen LogP contribution in [0.1, 0.15) is 38.4 Å². The van der Waals surface area contributed by atoms with Crippen LogP contribution in [0.15, 0.2) is 41.6 Å². The summed E-state index contributed by atoms with van der Waals surface area (Å²) in [5.74, 6) is 0.529. The van der Waals surface area contributed by atoms with E-state index in [-0.39, 0.29) is 12.6 Å². The number of hydrogen-bond donors (Lipinski definition) is 2. The second-order valence-corrected chi connectivity index (χ2v) is 8.80. The summed E-state index contributed by atoms with van der Waals surface area (Å²) >= 11 is 0. The van der Waals surface area contributed by atoms with Crippen LogP contribution in [-0.4, -0.2) is 72.5 Å². The van der Waals surface area contributed by atoms with Crippen molar-refractivity contribution in [3.8, 4) is 0 Å². The van der Waals surface area contributed by atoms with Gasteiger partial charge in [0.15, 0.2) is 11.4 Å². The smallest absolute Gasteiger partial charge is 0.171 e. The van der Waals surface area contributed by atoms with E-state index in [0.29, 0.717) is 18.3 Å². The summed E-state index contributed by atoms with van der Waals surface area (Å²) in [6, 6.07) is 2.71. The Labute approximate surface area is 194 Å². The number of nitrogens with one attached hydrogen (secondary N) is 1. The van der Waals surface area contributed by atoms with Gasteiger partial charge >= 0.3 is 0 Å². The largest absolute Gasteiger partial charge is 0.483 e. The molecule has 0 spiro atoms. The highest BCUT2D eigenvalue weighted by Gasteiger charge is 2.23. The zero-order chi connectivity index (χ0) is 23.4. The van der Waals surface area contributed by atoms with E-state index in [1.165, 1.54) is 0 Å². The van der Waals surface area contributed by atoms with E-state index < -0.39 is 6.10 Å². The molecule has 1 aliphatic carbocycles. The van der Waals surface area contributed by atoms with E-state index in [0.717, 1.165) is 54.0 Å². The van der Waals surface area contributed by atoms with Crippen LogP contribution in [0.25, 0.3) is 16.6 Å². The van der Waals surface area contributed by atoms with Gasteiger partial charge in [0.1, 0.15) is 12.7 Å². The maximum atomic E-state index is 9.95. The van der Waals surface area contributed by atoms with Gasteiger partial charge in [-0.2, -0.15) is 5.10 Å². The highest BCUT2D eigenvalue weighted by molar-refractivity contribution is 5.92. The zero-order valence-electron chi connectivity index (χ0n) is 19.8. The average Bonchev–Trinajstić information content (AvgIpc) is 3.27. The number of anilines is 1. The van der Waals surface area contributed by atoms with Crippen LogP contribution in [0.2, 0.25) is 0 Å². The number of aliphatic hydroxyl groups is 1. The number of allylic oxidation sites excluding steroid dienone is 3. The molecular weight excluding hydrogens is 418 g/mol. The zero-order valence-corrected chi connectivity index (χ0v) is 19.8. The van der Waals surface area contributed by atoms with E-state index >= 15 is 0 Å². The third-order valence-corrected chi connectivity index (χ3v) is 6.03. The molecule has 1 unspecified atom stereocenters. The van der Waals surface area contributed by atoms with Gasteiger partial charge in [-0.1, -0.05) is 5.73 Å². The highest BCUT2D eigenvalue weighted by Crippen LogP contribution is 2.33. The standard InChI is InChI=1S/C25H33N5O3/c1-17(2)30-25-22(15-27-30)24(29(4)19-8-10-32-11-9-19)13-23(28-25)18-6-5-7-21(12-18)33-16-20(31)14-26-3/h6,12-13,15,17,19-20,26,31H,8-11,14,16H2,1-4H3. The molecule has 176 valence electrons. The third-order valence-electron chi connectivity index (χ3n) is 6.03. The van der Waals surface area contributed by atoms with Crippen molar-refractivity contribution < 1.29 is 14.6 Å². The molecule has 1 aliphatic heterocycles. The Bertz CT molecular complexity index is 1120. The molecule has 8 nitrogen and oxygen atoms in total. The lowest BCUT2D eigenvalue weighted by molar-refractivity contribution is 0.0770. The van der Waals surface area contributed by atoms with Gasteiger partial charge in [0.25, 0.3) is 0 Å². The lowest BCUT2D eigenvalue weighted by Gasteiger charge is -2.33. The van der Waals surface area contributed by atoms with Crippen LogP contribution >= 0.6 is 0 Å². The first-order valence-electron chi connectivity index (χ1n) is 11.6. The van der Waals surface area contributed by atoms with Gasteiger partial charge in [0.05, 0.1) is 23.0 Å². The van der Waals surface area contributed by atoms with Gasteiger partial charge in [-0.3, -0.25) is 0 Å². The number of aliphatic hydroxyl groups excluding tert-OH is 1. The Kier molecular flexibility index (Phi) is 7.33. The Balaban J connectivity index is 1.69. The summed E-state index contributed by atoms with van der Waals surface area (Å²) in [4.78, 5) is 7.32. The van der Waals surface area contributed by atoms with Gasteiger partial charge in [-0.05, 0) is 57.7 Å². The average molecular weight is 452 g/mol. The molecule has 0 radical (unpaired) electrons. The summed E-state index contributed by atoms with van der Waals surface area (Å²) in [5.41, 5.74) is 9.68. The molecule has 0 aromatic carbocycles. The molecule has 2 aromatic heterocycles. The molecule has 33 heavy (non-hydrogen) atoms. The summed E-state index contributed by atoms with van der Waals surface area (Å²) in [5, 5.41) is 18.6. The molecule has 1 fully saturated rings. The second-order valence-electron chi connectivity index (χ2n) is 8.80. The fourth-order valence-corrected chi connectivity index (χ4v) is 4.20. The van der Waals surface area contributed by atoms with Crippen LogP contribution in [0, 0.1) is 0 Å². The predicted molar refractivity (Wildman–Crippen MR) is 129 cm³/mol. The summed E-state index contributed by atoms with van der Waals surface area (Å²) < 4.78 is 13.3. The van der Waals surface area contributed by atoms with Crippen molar-refractivity contribution in [2.45, 2.75) is 44.9 Å². The molecule has 1 atom stereocenters. The van der Waals surface area contributed by atoms with Gasteiger partial charge in [-0.15, -0.1) is 0 Å². The van der Waals surface area contributed by atoms with Crippen molar-refractivity contribution in [3.63, 3.8) is 0 Å². The van der Waals surface area contributed by atoms with Crippen LogP contribution < -0.4 is 10.2 Å². The van der Waals surface area contributed by atoms with Crippen molar-refractivity contribution in [1.82, 2.24) is 20.1 Å². The topological polar surface area (TPSA) is 84.7 Å².